The van der Waals surface area contributed by atoms with Gasteiger partial charge in [-0.1, -0.05) is 254 Å². The number of hydrogen-bond donors (Lipinski definition) is 0. The molecule has 472 valence electrons. The van der Waals surface area contributed by atoms with Crippen LogP contribution in [0, 0.1) is 0 Å². The molecule has 0 aliphatic carbocycles. The van der Waals surface area contributed by atoms with Crippen molar-refractivity contribution in [2.24, 2.45) is 0 Å². The first-order chi connectivity index (χ1) is 41.0. The lowest BCUT2D eigenvalue weighted by Crippen LogP contribution is -2.37. The quantitative estimate of drug-likeness (QED) is 0.0195. The molecule has 0 aromatic carbocycles. The number of nitrogens with zero attached hydrogens (tertiary/aromatic N) is 1. The normalized spacial score (nSPS) is 14.4. The number of carbonyl (C=O) groups excluding carboxylic acids is 2. The van der Waals surface area contributed by atoms with E-state index >= 15 is 0 Å². The van der Waals surface area contributed by atoms with E-state index in [-0.39, 0.29) is 26.1 Å². The van der Waals surface area contributed by atoms with Gasteiger partial charge >= 0.3 is 11.9 Å². The number of phosphoric acid groups is 1. The molecule has 0 bridgehead atoms. The van der Waals surface area contributed by atoms with Crippen LogP contribution in [0.25, 0.3) is 0 Å². The van der Waals surface area contributed by atoms with E-state index in [2.05, 4.69) is 196 Å². The van der Waals surface area contributed by atoms with Crippen LogP contribution in [-0.4, -0.2) is 70.0 Å². The number of hydrogen-bond acceptors (Lipinski definition) is 8. The van der Waals surface area contributed by atoms with Gasteiger partial charge in [-0.2, -0.15) is 0 Å². The molecule has 9 nitrogen and oxygen atoms in total. The van der Waals surface area contributed by atoms with Gasteiger partial charge in [0, 0.05) is 12.8 Å². The van der Waals surface area contributed by atoms with Crippen molar-refractivity contribution < 1.29 is 42.1 Å². The molecule has 0 amide bonds. The van der Waals surface area contributed by atoms with Crippen LogP contribution in [0.4, 0.5) is 0 Å². The topological polar surface area (TPSA) is 111 Å². The molecular formula is C74H118NO8P. The fourth-order valence-electron chi connectivity index (χ4n) is 8.00. The number of rotatable bonds is 57. The van der Waals surface area contributed by atoms with Crippen LogP contribution in [0.1, 0.15) is 219 Å². The summed E-state index contributed by atoms with van der Waals surface area (Å²) in [6.45, 7) is 3.93. The third kappa shape index (κ3) is 66.3. The lowest BCUT2D eigenvalue weighted by Gasteiger charge is -2.28. The summed E-state index contributed by atoms with van der Waals surface area (Å²) in [6, 6.07) is 0. The largest absolute Gasteiger partial charge is 0.756 e. The Kier molecular flexibility index (Phi) is 59.0. The van der Waals surface area contributed by atoms with Crippen molar-refractivity contribution in [1.29, 1.82) is 0 Å². The molecule has 0 aliphatic rings. The Morgan fingerprint density at radius 2 is 0.643 bits per heavy atom. The van der Waals surface area contributed by atoms with Gasteiger partial charge in [-0.3, -0.25) is 14.2 Å². The monoisotopic (exact) mass is 1180 g/mol. The van der Waals surface area contributed by atoms with Crippen molar-refractivity contribution in [3.05, 3.63) is 182 Å². The second-order valence-corrected chi connectivity index (χ2v) is 23.4. The van der Waals surface area contributed by atoms with Crippen LogP contribution in [-0.2, 0) is 32.7 Å². The SMILES string of the molecule is CC/C=C\C/C=C\C/C=C\C/C=C\C/C=C\C/C=C\C/C=C\C/C=C\CCCCC(=O)OC(COC(=O)CCCCCCCCCCCCC/C=C\C/C=C\C/C=C\C/C=C\C/C=C\C/C=C\C/C=C\CC)COP(=O)([O-])OCC[N+](C)(C)C. The van der Waals surface area contributed by atoms with E-state index in [1.165, 1.54) is 44.9 Å². The van der Waals surface area contributed by atoms with Gasteiger partial charge in [0.1, 0.15) is 19.8 Å². The summed E-state index contributed by atoms with van der Waals surface area (Å²) in [6.07, 6.45) is 96.7. The zero-order valence-corrected chi connectivity index (χ0v) is 54.4. The molecule has 0 heterocycles. The predicted octanol–water partition coefficient (Wildman–Crippen LogP) is 20.5. The number of unbranched alkanes of at least 4 members (excludes halogenated alkanes) is 13. The van der Waals surface area contributed by atoms with Gasteiger partial charge in [0.05, 0.1) is 27.7 Å². The Hall–Kier alpha value is -4.89. The van der Waals surface area contributed by atoms with Crippen LogP contribution in [0.2, 0.25) is 0 Å². The van der Waals surface area contributed by atoms with Gasteiger partial charge in [0.2, 0.25) is 0 Å². The van der Waals surface area contributed by atoms with E-state index in [1.807, 2.05) is 21.1 Å². The van der Waals surface area contributed by atoms with Crippen LogP contribution in [0.3, 0.4) is 0 Å². The van der Waals surface area contributed by atoms with Crippen molar-refractivity contribution >= 4 is 19.8 Å². The third-order valence-corrected chi connectivity index (χ3v) is 13.9. The van der Waals surface area contributed by atoms with Gasteiger partial charge in [0.25, 0.3) is 7.82 Å². The first kappa shape index (κ1) is 79.1. The molecule has 0 rings (SSSR count). The first-order valence-corrected chi connectivity index (χ1v) is 34.0. The van der Waals surface area contributed by atoms with Gasteiger partial charge in [-0.05, 0) is 135 Å². The Labute approximate surface area is 514 Å². The molecule has 0 radical (unpaired) electrons. The lowest BCUT2D eigenvalue weighted by atomic mass is 10.0. The molecule has 0 aromatic rings. The predicted molar refractivity (Wildman–Crippen MR) is 359 cm³/mol. The van der Waals surface area contributed by atoms with Crippen LogP contribution >= 0.6 is 7.82 Å². The van der Waals surface area contributed by atoms with Gasteiger partial charge in [0.15, 0.2) is 6.10 Å². The Balaban J connectivity index is 4.24. The number of likely N-dealkylation sites (N-methyl/N-ethyl adjacent to an activating group) is 1. The van der Waals surface area contributed by atoms with E-state index in [0.29, 0.717) is 23.9 Å². The number of phosphoric ester groups is 1. The van der Waals surface area contributed by atoms with E-state index in [4.69, 9.17) is 18.5 Å². The maximum atomic E-state index is 12.8. The van der Waals surface area contributed by atoms with Crippen LogP contribution < -0.4 is 4.89 Å². The second kappa shape index (κ2) is 62.6. The van der Waals surface area contributed by atoms with E-state index in [1.54, 1.807) is 0 Å². The molecule has 10 heteroatoms. The Morgan fingerprint density at radius 3 is 0.976 bits per heavy atom. The Bertz CT molecular complexity index is 2070. The number of carbonyl (C=O) groups is 2. The molecule has 2 atom stereocenters. The zero-order valence-electron chi connectivity index (χ0n) is 53.5. The summed E-state index contributed by atoms with van der Waals surface area (Å²) in [7, 11) is 1.11. The van der Waals surface area contributed by atoms with Crippen molar-refractivity contribution in [3.63, 3.8) is 0 Å². The van der Waals surface area contributed by atoms with E-state index in [0.717, 1.165) is 135 Å². The molecule has 0 aliphatic heterocycles. The number of esters is 2. The minimum Gasteiger partial charge on any atom is -0.756 e. The number of quaternary nitrogens is 1. The minimum absolute atomic E-state index is 0.0505. The van der Waals surface area contributed by atoms with Gasteiger partial charge in [-0.15, -0.1) is 0 Å². The fourth-order valence-corrected chi connectivity index (χ4v) is 8.73. The molecule has 0 fully saturated rings. The highest BCUT2D eigenvalue weighted by atomic mass is 31.2. The summed E-state index contributed by atoms with van der Waals surface area (Å²) in [5, 5.41) is 0. The molecule has 0 saturated heterocycles. The maximum Gasteiger partial charge on any atom is 0.306 e. The first-order valence-electron chi connectivity index (χ1n) is 32.5. The summed E-state index contributed by atoms with van der Waals surface area (Å²) >= 11 is 0. The second-order valence-electron chi connectivity index (χ2n) is 22.0. The summed E-state index contributed by atoms with van der Waals surface area (Å²) in [4.78, 5) is 38.0. The average Bonchev–Trinajstić information content (AvgIpc) is 3.61. The highest BCUT2D eigenvalue weighted by Crippen LogP contribution is 2.38. The highest BCUT2D eigenvalue weighted by molar-refractivity contribution is 7.45. The van der Waals surface area contributed by atoms with E-state index in [9.17, 15) is 19.0 Å². The third-order valence-electron chi connectivity index (χ3n) is 12.9. The number of ether oxygens (including phenoxy) is 2. The lowest BCUT2D eigenvalue weighted by molar-refractivity contribution is -0.870. The van der Waals surface area contributed by atoms with Crippen molar-refractivity contribution in [2.45, 2.75) is 225 Å². The summed E-state index contributed by atoms with van der Waals surface area (Å²) < 4.78 is 34.2. The summed E-state index contributed by atoms with van der Waals surface area (Å²) in [5.41, 5.74) is 0. The Morgan fingerprint density at radius 1 is 0.369 bits per heavy atom. The van der Waals surface area contributed by atoms with E-state index < -0.39 is 32.5 Å². The standard InChI is InChI=1S/C74H118NO8P/c1-6-8-10-12-14-16-18-20-22-24-26-28-30-32-34-35-36-37-38-39-41-42-44-46-48-50-52-54-56-58-60-62-64-66-73(76)80-70-72(71-82-84(78,79)81-69-68-75(3,4)5)83-74(77)67-65-63-61-59-57-55-53-51-49-47-45-43-40-33-31-29-27-25-23-21-19-17-15-13-11-9-7-2/h8-11,14-17,20-23,26-29,32-34,36-37,39-41,45,47,51,53,57,59,72H,6-7,12-13,18-19,24-25,30-31,35,38,42-44,46,48-50,52,54-56,58,60-71H2,1-5H3/b10-8-,11-9-,16-14-,17-15-,22-20-,23-21-,28-26-,29-27-,34-32-,37-36-,40-33-,41-39-,47-45-,53-51-,59-57-. The maximum absolute atomic E-state index is 12.8. The molecule has 0 N–H and O–H groups in total. The van der Waals surface area contributed by atoms with Gasteiger partial charge < -0.3 is 27.9 Å². The zero-order chi connectivity index (χ0) is 61.2. The van der Waals surface area contributed by atoms with Crippen molar-refractivity contribution in [3.8, 4) is 0 Å². The fraction of sp³-hybridized carbons (Fsp3) is 0.568. The smallest absolute Gasteiger partial charge is 0.306 e. The molecule has 0 aromatic heterocycles. The molecule has 0 saturated carbocycles. The summed E-state index contributed by atoms with van der Waals surface area (Å²) in [5.74, 6) is -0.902. The van der Waals surface area contributed by atoms with Crippen LogP contribution in [0.5, 0.6) is 0 Å². The molecule has 84 heavy (non-hydrogen) atoms. The van der Waals surface area contributed by atoms with Crippen LogP contribution in [0.15, 0.2) is 182 Å². The van der Waals surface area contributed by atoms with Gasteiger partial charge in [-0.25, -0.2) is 0 Å². The molecular weight excluding hydrogens is 1060 g/mol. The van der Waals surface area contributed by atoms with Crippen molar-refractivity contribution in [1.82, 2.24) is 0 Å². The molecule has 0 spiro atoms. The van der Waals surface area contributed by atoms with Crippen molar-refractivity contribution in [2.75, 3.05) is 47.5 Å². The molecule has 2 unspecified atom stereocenters. The highest BCUT2D eigenvalue weighted by Gasteiger charge is 2.21. The minimum atomic E-state index is -4.67. The average molecular weight is 1180 g/mol. The number of allylic oxidation sites excluding steroid dienone is 30.